The molecular weight excluding hydrogens is 589 g/mol. The van der Waals surface area contributed by atoms with E-state index in [1.165, 1.54) is 11.1 Å². The molecule has 48 heavy (non-hydrogen) atoms. The number of hydrogen-bond donors (Lipinski definition) is 1. The molecule has 0 unspecified atom stereocenters. The van der Waals surface area contributed by atoms with Crippen molar-refractivity contribution >= 4 is 23.8 Å². The van der Waals surface area contributed by atoms with Crippen molar-refractivity contribution in [2.45, 2.75) is 86.0 Å². The summed E-state index contributed by atoms with van der Waals surface area (Å²) in [6, 6.07) is 24.5. The summed E-state index contributed by atoms with van der Waals surface area (Å²) in [4.78, 5) is 19.0. The van der Waals surface area contributed by atoms with Crippen LogP contribution in [0.1, 0.15) is 118 Å². The van der Waals surface area contributed by atoms with Gasteiger partial charge in [-0.05, 0) is 130 Å². The molecule has 5 heteroatoms. The van der Waals surface area contributed by atoms with Gasteiger partial charge in [0.05, 0.1) is 35.2 Å². The Kier molecular flexibility index (Phi) is 10.7. The van der Waals surface area contributed by atoms with Crippen LogP contribution in [-0.4, -0.2) is 27.5 Å². The highest BCUT2D eigenvalue weighted by atomic mass is 16.3. The van der Waals surface area contributed by atoms with Gasteiger partial charge in [-0.2, -0.15) is 0 Å². The molecule has 0 saturated heterocycles. The molecule has 0 bridgehead atoms. The molecule has 5 aromatic rings. The maximum absolute atomic E-state index is 11.7. The van der Waals surface area contributed by atoms with E-state index in [2.05, 4.69) is 96.5 Å². The first-order valence-corrected chi connectivity index (χ1v) is 17.0. The van der Waals surface area contributed by atoms with Gasteiger partial charge < -0.3 is 5.11 Å². The molecule has 2 aromatic heterocycles. The van der Waals surface area contributed by atoms with Gasteiger partial charge in [0.15, 0.2) is 0 Å². The van der Waals surface area contributed by atoms with Gasteiger partial charge in [-0.3, -0.25) is 20.0 Å². The monoisotopic (exact) mass is 636 g/mol. The Hall–Kier alpha value is -4.90. The summed E-state index contributed by atoms with van der Waals surface area (Å²) in [6.45, 7) is 19.8. The largest absolute Gasteiger partial charge is 0.507 e. The molecule has 0 aliphatic rings. The van der Waals surface area contributed by atoms with Crippen LogP contribution in [0, 0.1) is 6.92 Å². The van der Waals surface area contributed by atoms with Crippen LogP contribution >= 0.6 is 0 Å². The van der Waals surface area contributed by atoms with Gasteiger partial charge >= 0.3 is 0 Å². The van der Waals surface area contributed by atoms with Crippen LogP contribution in [0.3, 0.4) is 0 Å². The minimum Gasteiger partial charge on any atom is -0.507 e. The van der Waals surface area contributed by atoms with E-state index >= 15 is 0 Å². The maximum atomic E-state index is 11.7. The minimum absolute atomic E-state index is 0.213. The molecule has 0 saturated carbocycles. The Labute approximate surface area is 286 Å². The predicted octanol–water partition coefficient (Wildman–Crippen LogP) is 11.8. The van der Waals surface area contributed by atoms with Crippen LogP contribution in [0.2, 0.25) is 0 Å². The zero-order valence-corrected chi connectivity index (χ0v) is 29.8. The summed E-state index contributed by atoms with van der Waals surface area (Å²) in [7, 11) is 0. The fourth-order valence-electron chi connectivity index (χ4n) is 6.23. The molecule has 0 aliphatic heterocycles. The number of pyridine rings is 2. The van der Waals surface area contributed by atoms with Gasteiger partial charge in [0.2, 0.25) is 0 Å². The molecular formula is C43H48N4O. The lowest BCUT2D eigenvalue weighted by Crippen LogP contribution is -2.01. The van der Waals surface area contributed by atoms with Crippen LogP contribution in [0.4, 0.5) is 11.4 Å². The van der Waals surface area contributed by atoms with Crippen molar-refractivity contribution < 1.29 is 5.11 Å². The molecule has 3 aromatic carbocycles. The number of aromatic nitrogens is 2. The Morgan fingerprint density at radius 2 is 0.938 bits per heavy atom. The van der Waals surface area contributed by atoms with Crippen LogP contribution in [0.5, 0.6) is 5.75 Å². The number of nitrogens with zero attached hydrogens (tertiary/aromatic N) is 4. The molecule has 5 nitrogen and oxygen atoms in total. The SMILES string of the molecule is Cc1ccc(O)c(-c2cc(C(C)C)c(N=Cc3ccccn3)c(C(C)C)c2)c1-c1cc(C(C)C)c(N=Cc2ccccn2)c(C(C)C)c1. The van der Waals surface area contributed by atoms with Crippen molar-refractivity contribution in [1.82, 2.24) is 9.97 Å². The molecule has 0 amide bonds. The molecule has 0 fully saturated rings. The topological polar surface area (TPSA) is 70.7 Å². The summed E-state index contributed by atoms with van der Waals surface area (Å²) in [6.07, 6.45) is 7.28. The Morgan fingerprint density at radius 3 is 1.29 bits per heavy atom. The number of hydrogen-bond acceptors (Lipinski definition) is 5. The lowest BCUT2D eigenvalue weighted by Gasteiger charge is -2.23. The molecule has 0 aliphatic carbocycles. The Morgan fingerprint density at radius 1 is 0.542 bits per heavy atom. The van der Waals surface area contributed by atoms with E-state index in [1.807, 2.05) is 61.0 Å². The van der Waals surface area contributed by atoms with Crippen molar-refractivity contribution in [1.29, 1.82) is 0 Å². The van der Waals surface area contributed by atoms with Gasteiger partial charge in [0.25, 0.3) is 0 Å². The average Bonchev–Trinajstić information content (AvgIpc) is 3.07. The number of phenols is 1. The van der Waals surface area contributed by atoms with Crippen molar-refractivity contribution in [3.8, 4) is 28.0 Å². The highest BCUT2D eigenvalue weighted by Crippen LogP contribution is 2.47. The van der Waals surface area contributed by atoms with Gasteiger partial charge in [0.1, 0.15) is 5.75 Å². The highest BCUT2D eigenvalue weighted by molar-refractivity contribution is 5.92. The van der Waals surface area contributed by atoms with Crippen LogP contribution in [0.25, 0.3) is 22.3 Å². The van der Waals surface area contributed by atoms with E-state index in [0.29, 0.717) is 0 Å². The molecule has 0 spiro atoms. The van der Waals surface area contributed by atoms with Crippen molar-refractivity contribution in [2.24, 2.45) is 9.98 Å². The van der Waals surface area contributed by atoms with Crippen LogP contribution in [0.15, 0.2) is 95.2 Å². The number of aromatic hydroxyl groups is 1. The predicted molar refractivity (Wildman–Crippen MR) is 203 cm³/mol. The number of benzene rings is 3. The highest BCUT2D eigenvalue weighted by Gasteiger charge is 2.23. The quantitative estimate of drug-likeness (QED) is 0.155. The summed E-state index contributed by atoms with van der Waals surface area (Å²) in [5.41, 5.74) is 13.3. The fraction of sp³-hybridized carbons (Fsp3) is 0.302. The van der Waals surface area contributed by atoms with E-state index in [9.17, 15) is 5.11 Å². The molecule has 5 rings (SSSR count). The van der Waals surface area contributed by atoms with E-state index in [1.54, 1.807) is 12.4 Å². The van der Waals surface area contributed by atoms with E-state index in [4.69, 9.17) is 9.98 Å². The molecule has 2 heterocycles. The zero-order valence-electron chi connectivity index (χ0n) is 29.8. The number of aliphatic imine (C=N–C) groups is 2. The third kappa shape index (κ3) is 7.46. The van der Waals surface area contributed by atoms with Crippen molar-refractivity contribution in [3.63, 3.8) is 0 Å². The summed E-state index contributed by atoms with van der Waals surface area (Å²) in [5, 5.41) is 11.7. The van der Waals surface area contributed by atoms with Gasteiger partial charge in [-0.15, -0.1) is 0 Å². The normalized spacial score (nSPS) is 12.1. The fourth-order valence-corrected chi connectivity index (χ4v) is 6.23. The first kappa shape index (κ1) is 34.4. The average molecular weight is 637 g/mol. The Bertz CT molecular complexity index is 1740. The molecule has 0 atom stereocenters. The van der Waals surface area contributed by atoms with Crippen molar-refractivity contribution in [3.05, 3.63) is 124 Å². The second-order valence-corrected chi connectivity index (χ2v) is 13.8. The lowest BCUT2D eigenvalue weighted by molar-refractivity contribution is 0.477. The van der Waals surface area contributed by atoms with Gasteiger partial charge in [-0.25, -0.2) is 0 Å². The Balaban J connectivity index is 1.75. The van der Waals surface area contributed by atoms with Gasteiger partial charge in [0, 0.05) is 18.0 Å². The molecule has 0 radical (unpaired) electrons. The van der Waals surface area contributed by atoms with Gasteiger partial charge in [-0.1, -0.05) is 73.6 Å². The number of aryl methyl sites for hydroxylation is 1. The number of phenolic OH excluding ortho intramolecular Hbond substituents is 1. The van der Waals surface area contributed by atoms with E-state index < -0.39 is 0 Å². The summed E-state index contributed by atoms with van der Waals surface area (Å²) >= 11 is 0. The van der Waals surface area contributed by atoms with Crippen molar-refractivity contribution in [2.75, 3.05) is 0 Å². The lowest BCUT2D eigenvalue weighted by atomic mass is 9.82. The van der Waals surface area contributed by atoms with Crippen LogP contribution < -0.4 is 0 Å². The number of rotatable bonds is 10. The maximum Gasteiger partial charge on any atom is 0.124 e. The summed E-state index contributed by atoms with van der Waals surface area (Å²) < 4.78 is 0. The first-order chi connectivity index (χ1) is 23.0. The standard InChI is InChI=1S/C43H48N4O/c1-26(2)35-20-31(21-36(27(3)4)42(35)46-24-33-14-10-12-18-44-33)40-30(9)16-17-39(48)41(40)32-22-37(28(5)6)43(38(23-32)29(7)8)47-25-34-15-11-13-19-45-34/h10-29,48H,1-9H3. The zero-order chi connectivity index (χ0) is 34.5. The second-order valence-electron chi connectivity index (χ2n) is 13.8. The first-order valence-electron chi connectivity index (χ1n) is 17.0. The third-order valence-electron chi connectivity index (χ3n) is 8.82. The van der Waals surface area contributed by atoms with Crippen LogP contribution in [-0.2, 0) is 0 Å². The third-order valence-corrected chi connectivity index (χ3v) is 8.82. The molecule has 1 N–H and O–H groups in total. The molecule has 246 valence electrons. The van der Waals surface area contributed by atoms with E-state index in [0.717, 1.165) is 61.7 Å². The van der Waals surface area contributed by atoms with E-state index in [-0.39, 0.29) is 29.4 Å². The smallest absolute Gasteiger partial charge is 0.124 e. The minimum atomic E-state index is 0.213. The summed E-state index contributed by atoms with van der Waals surface area (Å²) in [5.74, 6) is 1.15. The second kappa shape index (κ2) is 14.9.